The van der Waals surface area contributed by atoms with Gasteiger partial charge in [0.1, 0.15) is 90.3 Å². The Kier molecular flexibility index (Phi) is 38.3. The fourth-order valence-electron chi connectivity index (χ4n) is 17.4. The van der Waals surface area contributed by atoms with Crippen molar-refractivity contribution in [1.29, 1.82) is 0 Å². The van der Waals surface area contributed by atoms with Gasteiger partial charge in [0.15, 0.2) is 0 Å². The van der Waals surface area contributed by atoms with Crippen LogP contribution in [-0.2, 0) is 117 Å². The summed E-state index contributed by atoms with van der Waals surface area (Å²) in [4.78, 5) is 294. The molecule has 15 atom stereocenters. The normalized spacial score (nSPS) is 25.0. The number of benzene rings is 3. The van der Waals surface area contributed by atoms with Gasteiger partial charge in [0.25, 0.3) is 0 Å². The molecule has 137 heavy (non-hydrogen) atoms. The van der Waals surface area contributed by atoms with E-state index >= 15 is 43.2 Å². The number of aromatic amines is 3. The van der Waals surface area contributed by atoms with Gasteiger partial charge in [0.05, 0.1) is 37.8 Å². The lowest BCUT2D eigenvalue weighted by Crippen LogP contribution is -2.62. The number of aliphatic carboxylic acids is 3. The van der Waals surface area contributed by atoms with Crippen molar-refractivity contribution in [3.05, 3.63) is 120 Å². The summed E-state index contributed by atoms with van der Waals surface area (Å²) in [5.41, 5.74) is 8.05. The Morgan fingerprint density at radius 2 is 0.993 bits per heavy atom. The van der Waals surface area contributed by atoms with Crippen LogP contribution >= 0.6 is 11.8 Å². The Morgan fingerprint density at radius 3 is 1.58 bits per heavy atom. The van der Waals surface area contributed by atoms with Crippen molar-refractivity contribution in [2.45, 2.75) is 239 Å². The van der Waals surface area contributed by atoms with Crippen LogP contribution in [0.4, 0.5) is 0 Å². The van der Waals surface area contributed by atoms with Gasteiger partial charge < -0.3 is 129 Å². The number of nitrogens with zero attached hydrogens (tertiary/aromatic N) is 6. The number of H-pyrrole nitrogens is 3. The third-order valence-electron chi connectivity index (χ3n) is 24.7. The lowest BCUT2D eigenvalue weighted by Gasteiger charge is -2.38. The number of thioether (sulfide) groups is 1. The molecule has 740 valence electrons. The number of carbonyl (C=O) groups excluding carboxylic acids is 16. The lowest BCUT2D eigenvalue weighted by atomic mass is 9.97. The number of aromatic hydroxyl groups is 1. The molecule has 46 heteroatoms. The summed E-state index contributed by atoms with van der Waals surface area (Å²) < 4.78 is 0. The van der Waals surface area contributed by atoms with Crippen molar-refractivity contribution in [2.24, 2.45) is 5.73 Å². The van der Waals surface area contributed by atoms with Gasteiger partial charge in [0, 0.05) is 131 Å². The van der Waals surface area contributed by atoms with Gasteiger partial charge in [0.2, 0.25) is 94.5 Å². The number of hydrogen-bond acceptors (Lipinski definition) is 24. The van der Waals surface area contributed by atoms with Crippen molar-refractivity contribution in [2.75, 3.05) is 58.4 Å². The lowest BCUT2D eigenvalue weighted by molar-refractivity contribution is -0.149. The Labute approximate surface area is 790 Å². The summed E-state index contributed by atoms with van der Waals surface area (Å²) >= 11 is 0.703. The van der Waals surface area contributed by atoms with Crippen LogP contribution in [0, 0.1) is 0 Å². The summed E-state index contributed by atoms with van der Waals surface area (Å²) in [6.45, 7) is 0.674. The van der Waals surface area contributed by atoms with E-state index in [2.05, 4.69) is 73.1 Å². The predicted octanol–water partition coefficient (Wildman–Crippen LogP) is -2.38. The van der Waals surface area contributed by atoms with Gasteiger partial charge >= 0.3 is 17.9 Å². The van der Waals surface area contributed by atoms with E-state index in [1.807, 2.05) is 0 Å². The van der Waals surface area contributed by atoms with Crippen LogP contribution in [0.25, 0.3) is 21.8 Å². The number of aromatic nitrogens is 4. The summed E-state index contributed by atoms with van der Waals surface area (Å²) in [5, 5.41) is 90.1. The number of carboxylic acid groups (broad SMARTS) is 3. The van der Waals surface area contributed by atoms with E-state index in [4.69, 9.17) is 5.73 Å². The highest BCUT2D eigenvalue weighted by Gasteiger charge is 2.48. The molecule has 4 aliphatic rings. The van der Waals surface area contributed by atoms with Crippen molar-refractivity contribution < 1.29 is 122 Å². The number of carbonyl (C=O) groups is 19. The molecule has 3 aromatic heterocycles. The number of fused-ring (bicyclic) bond motifs is 5. The molecular formula is C91H120N20O25S. The second-order valence-corrected chi connectivity index (χ2v) is 35.6. The number of unbranched alkanes of at least 4 members (excludes halogenated alkanes) is 2. The summed E-state index contributed by atoms with van der Waals surface area (Å²) in [6.07, 6.45) is 0.00782. The van der Waals surface area contributed by atoms with Crippen molar-refractivity contribution >= 4 is 146 Å². The maximum absolute atomic E-state index is 15.7. The number of nitrogens with two attached hydrogens (primary N) is 1. The first-order valence-electron chi connectivity index (χ1n) is 45.6. The van der Waals surface area contributed by atoms with Gasteiger partial charge in [-0.25, -0.2) is 4.98 Å². The second kappa shape index (κ2) is 50.0. The first-order chi connectivity index (χ1) is 65.4. The molecule has 7 heterocycles. The Morgan fingerprint density at radius 1 is 0.496 bits per heavy atom. The van der Waals surface area contributed by atoms with E-state index in [1.54, 1.807) is 74.8 Å². The zero-order valence-electron chi connectivity index (χ0n) is 76.3. The van der Waals surface area contributed by atoms with E-state index < -0.39 is 279 Å². The molecule has 6 aromatic rings. The fourth-order valence-corrected chi connectivity index (χ4v) is 18.2. The molecule has 4 aliphatic heterocycles. The fraction of sp³-hybridized carbons (Fsp3) is 0.516. The number of primary amides is 1. The van der Waals surface area contributed by atoms with Gasteiger partial charge in [-0.1, -0.05) is 88.1 Å². The third kappa shape index (κ3) is 28.8. The minimum atomic E-state index is -1.96. The zero-order chi connectivity index (χ0) is 99.4. The molecule has 0 spiro atoms. The minimum absolute atomic E-state index is 0.0671. The SMILES string of the molecule is CCCC[C@H]1C(=O)N(C)[C@@H](CCCC)C(=O)N[C@@H](CCC(=O)O)C(=O)N[C@H](C(=O)NCC(N)=O)CSCC(=O)N[C@@H](Cc2ccc(O)cc2)C(=O)N2CCCC[C@H]2C(=O)N[C@@H](CC(=O)O)C(=O)N2CCC[C@H]2C(=O)N[C@@H](Cc2cnc[nH]2)C(=O)N[C@@H](CCC(=O)O)C(=O)N2C[C@H](O)C[C@H]2C(=O)N[C@@H](Cc2c[nH]c3ccccc23)C(=O)N[C@@H](CO)C(=O)N[C@@H](Cc2c[nH]c3ccccc23)C(=O)N1C. The average molecular weight is 1930 g/mol. The quantitative estimate of drug-likeness (QED) is 0.0270. The smallest absolute Gasteiger partial charge is 0.305 e. The van der Waals surface area contributed by atoms with E-state index in [-0.39, 0.29) is 88.7 Å². The maximum atomic E-state index is 15.7. The van der Waals surface area contributed by atoms with E-state index in [0.29, 0.717) is 75.9 Å². The number of rotatable bonds is 26. The molecule has 16 amide bonds. The van der Waals surface area contributed by atoms with E-state index in [9.17, 15) is 78.6 Å². The van der Waals surface area contributed by atoms with Crippen LogP contribution in [-0.4, -0.2) is 337 Å². The largest absolute Gasteiger partial charge is 0.508 e. The number of nitrogens with one attached hydrogen (secondary N) is 13. The van der Waals surface area contributed by atoms with Gasteiger partial charge in [-0.2, -0.15) is 0 Å². The number of carboxylic acids is 3. The monoisotopic (exact) mass is 1920 g/mol. The standard InChI is InChI=1S/C91H120N20O25S/c1-5-7-20-68-83(128)99-59(28-30-75(117)118)79(124)106-67(78(123)96-43-73(92)115)46-137-47-74(116)98-63(34-49-24-26-53(113)27-25-49)89(134)109-32-14-13-22-69(109)85(130)104-65(39-77(121)122)90(135)110-33-15-23-70(110)84(129)102-62(37-52-42-93-48-97-52)81(126)100-60(29-31-76(119)120)88(133)111-44-54(114)38-72(111)86(131)101-61(35-50-40-94-57-18-11-9-16-55(50)57)80(125)105-66(45-112)82(127)103-64(36-51-41-95-58-19-12-10-17-56(51)58)87(132)108(4)71(21-8-6-2)91(136)107(68)3/h9-12,16-19,24-27,40-42,48,54,59-72,94-95,112-114H,5-8,13-15,20-23,28-39,43-47H2,1-4H3,(H2,92,115)(H,93,97)(H,96,123)(H,98,116)(H,99,128)(H,100,126)(H,101,131)(H,102,129)(H,103,127)(H,104,130)(H,105,125)(H,106,124)(H,117,118)(H,119,120)(H,121,122)/t54-,59+,60+,61+,62+,63+,64+,65+,66+,67+,68+,69+,70+,71+,72+/m1/s1. The van der Waals surface area contributed by atoms with Crippen LogP contribution in [0.3, 0.4) is 0 Å². The molecule has 4 fully saturated rings. The minimum Gasteiger partial charge on any atom is -0.508 e. The zero-order valence-corrected chi connectivity index (χ0v) is 77.1. The van der Waals surface area contributed by atoms with Gasteiger partial charge in [-0.15, -0.1) is 11.8 Å². The topological polar surface area (TPSA) is 668 Å². The Hall–Kier alpha value is -14.1. The Balaban J connectivity index is 1.03. The highest BCUT2D eigenvalue weighted by atomic mass is 32.2. The van der Waals surface area contributed by atoms with Crippen LogP contribution in [0.1, 0.15) is 145 Å². The van der Waals surface area contributed by atoms with Crippen molar-refractivity contribution in [1.82, 2.24) is 97.6 Å². The predicted molar refractivity (Wildman–Crippen MR) is 490 cm³/mol. The number of aliphatic hydroxyl groups excluding tert-OH is 2. The molecule has 10 rings (SSSR count). The highest BCUT2D eigenvalue weighted by Crippen LogP contribution is 2.29. The van der Waals surface area contributed by atoms with Gasteiger partial charge in [-0.3, -0.25) is 91.1 Å². The number of para-hydroxylation sites is 2. The Bertz CT molecular complexity index is 5360. The van der Waals surface area contributed by atoms with Crippen molar-refractivity contribution in [3.63, 3.8) is 0 Å². The molecule has 45 nitrogen and oxygen atoms in total. The molecule has 3 aromatic carbocycles. The molecule has 0 radical (unpaired) electrons. The van der Waals surface area contributed by atoms with Gasteiger partial charge in [-0.05, 0) is 98.7 Å². The number of likely N-dealkylation sites (N-methyl/N-ethyl adjacent to an activating group) is 2. The highest BCUT2D eigenvalue weighted by molar-refractivity contribution is 8.00. The molecule has 4 saturated heterocycles. The van der Waals surface area contributed by atoms with Crippen LogP contribution in [0.15, 0.2) is 97.7 Å². The molecule has 0 bridgehead atoms. The van der Waals surface area contributed by atoms with Crippen LogP contribution < -0.4 is 58.9 Å². The number of amides is 16. The summed E-state index contributed by atoms with van der Waals surface area (Å²) in [6, 6.07) is -4.30. The van der Waals surface area contributed by atoms with E-state index in [0.717, 1.165) is 24.5 Å². The molecule has 0 aliphatic carbocycles. The summed E-state index contributed by atoms with van der Waals surface area (Å²) in [5.74, 6) is -22.3. The first kappa shape index (κ1) is 105. The number of imidazole rings is 1. The number of piperidine rings is 1. The van der Waals surface area contributed by atoms with Crippen molar-refractivity contribution in [3.8, 4) is 5.75 Å². The van der Waals surface area contributed by atoms with Crippen LogP contribution in [0.2, 0.25) is 0 Å². The molecule has 0 unspecified atom stereocenters. The molecule has 0 saturated carbocycles. The average Bonchev–Trinajstić information content (AvgIpc) is 1.68. The van der Waals surface area contributed by atoms with Crippen LogP contribution in [0.5, 0.6) is 5.75 Å². The first-order valence-corrected chi connectivity index (χ1v) is 46.7. The number of phenols is 1. The second-order valence-electron chi connectivity index (χ2n) is 34.6. The molecular weight excluding hydrogens is 1810 g/mol. The third-order valence-corrected chi connectivity index (χ3v) is 25.7. The molecule has 21 N–H and O–H groups in total. The van der Waals surface area contributed by atoms with E-state index in [1.165, 1.54) is 50.9 Å². The number of phenolic OH excluding ortho intramolecular Hbond substituents is 1. The summed E-state index contributed by atoms with van der Waals surface area (Å²) in [7, 11) is 2.56. The maximum Gasteiger partial charge on any atom is 0.305 e. The number of hydrogen-bond donors (Lipinski definition) is 20. The number of aliphatic hydroxyl groups is 2.